The van der Waals surface area contributed by atoms with Crippen LogP contribution in [0.25, 0.3) is 88.3 Å². The SMILES string of the molecule is c1ccc(-c2ccc3c(c2-c2ccccc2)c2ccc(Oc4ccc5c6cccnc6n6c(-c7ccccc7)cnc6c5c4)cc2c2nccn32)cc1. The number of hydrogen-bond acceptors (Lipinski definition) is 4. The molecular weight excluding hydrogens is 651 g/mol. The highest BCUT2D eigenvalue weighted by Crippen LogP contribution is 2.43. The summed E-state index contributed by atoms with van der Waals surface area (Å²) in [5.41, 5.74) is 10.5. The second-order valence-corrected chi connectivity index (χ2v) is 13.3. The van der Waals surface area contributed by atoms with Gasteiger partial charge in [0.2, 0.25) is 0 Å². The van der Waals surface area contributed by atoms with E-state index >= 15 is 0 Å². The van der Waals surface area contributed by atoms with Crippen molar-refractivity contribution in [3.63, 3.8) is 0 Å². The Hall–Kier alpha value is -7.31. The highest BCUT2D eigenvalue weighted by atomic mass is 16.5. The third-order valence-electron chi connectivity index (χ3n) is 10.3. The summed E-state index contributed by atoms with van der Waals surface area (Å²) in [7, 11) is 0. The van der Waals surface area contributed by atoms with Crippen LogP contribution in [0.1, 0.15) is 0 Å². The van der Waals surface area contributed by atoms with Gasteiger partial charge in [0, 0.05) is 45.7 Å². The maximum absolute atomic E-state index is 6.70. The van der Waals surface area contributed by atoms with Crippen molar-refractivity contribution in [1.29, 1.82) is 0 Å². The van der Waals surface area contributed by atoms with Gasteiger partial charge < -0.3 is 4.74 Å². The molecule has 6 heteroatoms. The molecule has 0 saturated carbocycles. The number of fused-ring (bicyclic) bond motifs is 12. The molecule has 0 amide bonds. The van der Waals surface area contributed by atoms with Gasteiger partial charge in [0.05, 0.1) is 17.4 Å². The third-order valence-corrected chi connectivity index (χ3v) is 10.3. The largest absolute Gasteiger partial charge is 0.457 e. The zero-order valence-electron chi connectivity index (χ0n) is 28.4. The molecule has 11 rings (SSSR count). The lowest BCUT2D eigenvalue weighted by atomic mass is 9.89. The summed E-state index contributed by atoms with van der Waals surface area (Å²) >= 11 is 0. The van der Waals surface area contributed by atoms with E-state index in [1.807, 2.05) is 55.1 Å². The van der Waals surface area contributed by atoms with Crippen LogP contribution in [0.2, 0.25) is 0 Å². The first-order chi connectivity index (χ1) is 26.3. The predicted molar refractivity (Wildman–Crippen MR) is 215 cm³/mol. The highest BCUT2D eigenvalue weighted by molar-refractivity contribution is 6.20. The topological polar surface area (TPSA) is 56.7 Å². The van der Waals surface area contributed by atoms with Crippen molar-refractivity contribution < 1.29 is 4.74 Å². The van der Waals surface area contributed by atoms with Crippen molar-refractivity contribution in [2.75, 3.05) is 0 Å². The van der Waals surface area contributed by atoms with Gasteiger partial charge in [0.25, 0.3) is 0 Å². The van der Waals surface area contributed by atoms with Crippen LogP contribution in [0.4, 0.5) is 0 Å². The number of ether oxygens (including phenoxy) is 1. The summed E-state index contributed by atoms with van der Waals surface area (Å²) in [5, 5.41) is 6.43. The van der Waals surface area contributed by atoms with Gasteiger partial charge in [-0.2, -0.15) is 0 Å². The number of benzene rings is 6. The molecule has 0 N–H and O–H groups in total. The lowest BCUT2D eigenvalue weighted by Crippen LogP contribution is -1.97. The zero-order chi connectivity index (χ0) is 34.9. The number of pyridine rings is 3. The highest BCUT2D eigenvalue weighted by Gasteiger charge is 2.20. The smallest absolute Gasteiger partial charge is 0.146 e. The first-order valence-electron chi connectivity index (χ1n) is 17.7. The molecule has 0 spiro atoms. The summed E-state index contributed by atoms with van der Waals surface area (Å²) in [6.45, 7) is 0. The van der Waals surface area contributed by atoms with E-state index in [-0.39, 0.29) is 0 Å². The van der Waals surface area contributed by atoms with E-state index in [0.29, 0.717) is 0 Å². The minimum absolute atomic E-state index is 0.725. The van der Waals surface area contributed by atoms with Gasteiger partial charge in [-0.25, -0.2) is 15.0 Å². The maximum atomic E-state index is 6.70. The normalized spacial score (nSPS) is 11.8. The maximum Gasteiger partial charge on any atom is 0.146 e. The molecule has 0 unspecified atom stereocenters. The number of nitrogens with zero attached hydrogens (tertiary/aromatic N) is 5. The lowest BCUT2D eigenvalue weighted by Gasteiger charge is -2.18. The molecule has 0 radical (unpaired) electrons. The second kappa shape index (κ2) is 11.6. The van der Waals surface area contributed by atoms with Gasteiger partial charge in [0.1, 0.15) is 28.4 Å². The van der Waals surface area contributed by atoms with Gasteiger partial charge in [-0.15, -0.1) is 0 Å². The third kappa shape index (κ3) is 4.56. The van der Waals surface area contributed by atoms with E-state index in [4.69, 9.17) is 19.7 Å². The van der Waals surface area contributed by atoms with Crippen molar-refractivity contribution in [3.05, 3.63) is 176 Å². The molecule has 0 saturated heterocycles. The standard InChI is InChI=1S/C47H29N5O/c1-4-11-30(12-5-1)35-22-23-41-44(43(35)32-15-8-3-9-16-32)37-21-19-34(28-40(37)45-49-25-26-51(41)45)53-33-18-20-36-38-17-10-24-48-46(38)52-42(31-13-6-2-7-14-31)29-50-47(52)39(36)27-33/h1-29H. The van der Waals surface area contributed by atoms with Crippen LogP contribution in [0.3, 0.4) is 0 Å². The fraction of sp³-hybridized carbons (Fsp3) is 0. The van der Waals surface area contributed by atoms with Crippen molar-refractivity contribution in [2.45, 2.75) is 0 Å². The molecule has 6 nitrogen and oxygen atoms in total. The Morgan fingerprint density at radius 1 is 0.453 bits per heavy atom. The molecule has 6 aromatic carbocycles. The number of rotatable bonds is 5. The molecule has 0 aliphatic carbocycles. The van der Waals surface area contributed by atoms with Crippen LogP contribution < -0.4 is 4.74 Å². The van der Waals surface area contributed by atoms with Crippen molar-refractivity contribution >= 4 is 54.8 Å². The van der Waals surface area contributed by atoms with Crippen molar-refractivity contribution in [2.24, 2.45) is 0 Å². The van der Waals surface area contributed by atoms with Gasteiger partial charge in [-0.1, -0.05) is 97.1 Å². The predicted octanol–water partition coefficient (Wildman–Crippen LogP) is 11.8. The Morgan fingerprint density at radius 2 is 1.09 bits per heavy atom. The average molecular weight is 680 g/mol. The average Bonchev–Trinajstić information content (AvgIpc) is 3.91. The van der Waals surface area contributed by atoms with E-state index < -0.39 is 0 Å². The number of imidazole rings is 2. The Labute approximate surface area is 303 Å². The molecule has 0 atom stereocenters. The molecule has 5 heterocycles. The Kier molecular flexibility index (Phi) is 6.45. The van der Waals surface area contributed by atoms with E-state index in [9.17, 15) is 0 Å². The Morgan fingerprint density at radius 3 is 1.85 bits per heavy atom. The van der Waals surface area contributed by atoms with Gasteiger partial charge in [-0.05, 0) is 87.6 Å². The molecule has 53 heavy (non-hydrogen) atoms. The van der Waals surface area contributed by atoms with Gasteiger partial charge in [-0.3, -0.25) is 8.80 Å². The van der Waals surface area contributed by atoms with Crippen LogP contribution >= 0.6 is 0 Å². The molecule has 0 aliphatic heterocycles. The van der Waals surface area contributed by atoms with Crippen LogP contribution in [-0.2, 0) is 0 Å². The van der Waals surface area contributed by atoms with E-state index in [0.717, 1.165) is 77.7 Å². The van der Waals surface area contributed by atoms with Crippen LogP contribution in [0, 0.1) is 0 Å². The van der Waals surface area contributed by atoms with E-state index in [1.165, 1.54) is 22.1 Å². The van der Waals surface area contributed by atoms with Crippen LogP contribution in [0.15, 0.2) is 176 Å². The summed E-state index contributed by atoms with van der Waals surface area (Å²) < 4.78 is 11.0. The quantitative estimate of drug-likeness (QED) is 0.170. The summed E-state index contributed by atoms with van der Waals surface area (Å²) in [6, 6.07) is 52.8. The van der Waals surface area contributed by atoms with Crippen LogP contribution in [0.5, 0.6) is 11.5 Å². The zero-order valence-corrected chi connectivity index (χ0v) is 28.4. The Bertz CT molecular complexity index is 3190. The first kappa shape index (κ1) is 29.4. The lowest BCUT2D eigenvalue weighted by molar-refractivity contribution is 0.484. The number of hydrogen-bond donors (Lipinski definition) is 0. The van der Waals surface area contributed by atoms with Crippen LogP contribution in [-0.4, -0.2) is 23.8 Å². The Balaban J connectivity index is 1.11. The summed E-state index contributed by atoms with van der Waals surface area (Å²) in [5.74, 6) is 1.45. The first-order valence-corrected chi connectivity index (χ1v) is 17.7. The molecular formula is C47H29N5O. The summed E-state index contributed by atoms with van der Waals surface area (Å²) in [6.07, 6.45) is 7.69. The van der Waals surface area contributed by atoms with Crippen molar-refractivity contribution in [3.8, 4) is 45.0 Å². The number of aromatic nitrogens is 5. The monoisotopic (exact) mass is 679 g/mol. The molecule has 0 aliphatic rings. The second-order valence-electron chi connectivity index (χ2n) is 13.3. The van der Waals surface area contributed by atoms with Crippen molar-refractivity contribution in [1.82, 2.24) is 23.8 Å². The minimum Gasteiger partial charge on any atom is -0.457 e. The van der Waals surface area contributed by atoms with E-state index in [2.05, 4.69) is 130 Å². The molecule has 11 aromatic rings. The molecule has 5 aromatic heterocycles. The van der Waals surface area contributed by atoms with Gasteiger partial charge in [0.15, 0.2) is 0 Å². The summed E-state index contributed by atoms with van der Waals surface area (Å²) in [4.78, 5) is 14.6. The molecule has 0 fully saturated rings. The minimum atomic E-state index is 0.725. The van der Waals surface area contributed by atoms with Gasteiger partial charge >= 0.3 is 0 Å². The van der Waals surface area contributed by atoms with E-state index in [1.54, 1.807) is 0 Å². The fourth-order valence-electron chi connectivity index (χ4n) is 8.01. The molecule has 248 valence electrons. The fourth-order valence-corrected chi connectivity index (χ4v) is 8.01. The molecule has 0 bridgehead atoms.